The van der Waals surface area contributed by atoms with Crippen LogP contribution in [-0.4, -0.2) is 31.9 Å². The van der Waals surface area contributed by atoms with Gasteiger partial charge in [-0.1, -0.05) is 18.3 Å². The van der Waals surface area contributed by atoms with E-state index in [-0.39, 0.29) is 22.2 Å². The standard InChI is InChI=1S/C12H15N3O3S2/c1-7-4-8(12(13)19)2-3-10(7)20(17,18)15-9-5-11(16)14-6-9/h2-4,9,15H,5-6H2,1H3,(H2,13,19)(H,14,16). The van der Waals surface area contributed by atoms with Gasteiger partial charge >= 0.3 is 0 Å². The maximum absolute atomic E-state index is 12.3. The van der Waals surface area contributed by atoms with Crippen molar-refractivity contribution in [3.63, 3.8) is 0 Å². The third kappa shape index (κ3) is 3.14. The third-order valence-corrected chi connectivity index (χ3v) is 4.96. The van der Waals surface area contributed by atoms with E-state index in [9.17, 15) is 13.2 Å². The summed E-state index contributed by atoms with van der Waals surface area (Å²) in [6, 6.07) is 4.26. The first-order chi connectivity index (χ1) is 9.29. The van der Waals surface area contributed by atoms with Gasteiger partial charge in [0, 0.05) is 24.6 Å². The molecule has 1 aliphatic rings. The number of benzene rings is 1. The van der Waals surface area contributed by atoms with Gasteiger partial charge in [0.15, 0.2) is 0 Å². The first-order valence-corrected chi connectivity index (χ1v) is 7.88. The Morgan fingerprint density at radius 2 is 2.20 bits per heavy atom. The van der Waals surface area contributed by atoms with Gasteiger partial charge in [-0.15, -0.1) is 0 Å². The van der Waals surface area contributed by atoms with Crippen LogP contribution in [0.1, 0.15) is 17.5 Å². The molecule has 1 fully saturated rings. The van der Waals surface area contributed by atoms with E-state index < -0.39 is 16.1 Å². The van der Waals surface area contributed by atoms with Crippen LogP contribution in [0.2, 0.25) is 0 Å². The second-order valence-corrected chi connectivity index (χ2v) is 6.79. The molecule has 108 valence electrons. The zero-order valence-corrected chi connectivity index (χ0v) is 12.5. The van der Waals surface area contributed by atoms with Crippen LogP contribution in [-0.2, 0) is 14.8 Å². The van der Waals surface area contributed by atoms with Gasteiger partial charge in [-0.2, -0.15) is 0 Å². The number of nitrogens with one attached hydrogen (secondary N) is 2. The van der Waals surface area contributed by atoms with Crippen LogP contribution in [0.15, 0.2) is 23.1 Å². The van der Waals surface area contributed by atoms with Crippen molar-refractivity contribution in [2.75, 3.05) is 6.54 Å². The minimum absolute atomic E-state index is 0.154. The fourth-order valence-electron chi connectivity index (χ4n) is 2.08. The van der Waals surface area contributed by atoms with Gasteiger partial charge in [-0.25, -0.2) is 13.1 Å². The Kier molecular flexibility index (Phi) is 4.07. The average molecular weight is 313 g/mol. The van der Waals surface area contributed by atoms with E-state index in [0.717, 1.165) is 0 Å². The van der Waals surface area contributed by atoms with Crippen LogP contribution in [0.25, 0.3) is 0 Å². The number of sulfonamides is 1. The van der Waals surface area contributed by atoms with Gasteiger partial charge in [0.05, 0.1) is 4.90 Å². The van der Waals surface area contributed by atoms with Crippen molar-refractivity contribution < 1.29 is 13.2 Å². The number of aryl methyl sites for hydroxylation is 1. The maximum atomic E-state index is 12.3. The van der Waals surface area contributed by atoms with Crippen LogP contribution < -0.4 is 15.8 Å². The summed E-state index contributed by atoms with van der Waals surface area (Å²) in [7, 11) is -3.67. The predicted molar refractivity (Wildman–Crippen MR) is 78.8 cm³/mol. The third-order valence-electron chi connectivity index (χ3n) is 3.05. The molecule has 1 aromatic rings. The lowest BCUT2D eigenvalue weighted by atomic mass is 10.1. The Hall–Kier alpha value is -1.51. The molecule has 1 heterocycles. The Morgan fingerprint density at radius 1 is 1.50 bits per heavy atom. The topological polar surface area (TPSA) is 101 Å². The van der Waals surface area contributed by atoms with E-state index >= 15 is 0 Å². The highest BCUT2D eigenvalue weighted by molar-refractivity contribution is 7.89. The molecule has 20 heavy (non-hydrogen) atoms. The molecule has 0 bridgehead atoms. The van der Waals surface area contributed by atoms with Crippen LogP contribution >= 0.6 is 12.2 Å². The normalized spacial score (nSPS) is 18.9. The van der Waals surface area contributed by atoms with Gasteiger partial charge in [0.1, 0.15) is 4.99 Å². The Balaban J connectivity index is 2.25. The number of carbonyl (C=O) groups excluding carboxylic acids is 1. The molecule has 1 atom stereocenters. The molecule has 2 rings (SSSR count). The Morgan fingerprint density at radius 3 is 2.70 bits per heavy atom. The molecule has 6 nitrogen and oxygen atoms in total. The van der Waals surface area contributed by atoms with Gasteiger partial charge < -0.3 is 11.1 Å². The summed E-state index contributed by atoms with van der Waals surface area (Å²) in [5.41, 5.74) is 6.68. The monoisotopic (exact) mass is 313 g/mol. The lowest BCUT2D eigenvalue weighted by molar-refractivity contribution is -0.119. The summed E-state index contributed by atoms with van der Waals surface area (Å²) in [6.45, 7) is 1.98. The molecule has 1 aromatic carbocycles. The van der Waals surface area contributed by atoms with E-state index in [4.69, 9.17) is 18.0 Å². The fourth-order valence-corrected chi connectivity index (χ4v) is 3.67. The minimum Gasteiger partial charge on any atom is -0.389 e. The van der Waals surface area contributed by atoms with Gasteiger partial charge in [-0.3, -0.25) is 4.79 Å². The van der Waals surface area contributed by atoms with E-state index in [1.807, 2.05) is 0 Å². The Bertz CT molecular complexity index is 671. The lowest BCUT2D eigenvalue weighted by Gasteiger charge is -2.13. The Labute approximate surface area is 122 Å². The van der Waals surface area contributed by atoms with Crippen LogP contribution in [0.5, 0.6) is 0 Å². The fraction of sp³-hybridized carbons (Fsp3) is 0.333. The van der Waals surface area contributed by atoms with Crippen LogP contribution in [0, 0.1) is 6.92 Å². The highest BCUT2D eigenvalue weighted by Gasteiger charge is 2.27. The van der Waals surface area contributed by atoms with Gasteiger partial charge in [-0.05, 0) is 24.6 Å². The summed E-state index contributed by atoms with van der Waals surface area (Å²) in [6.07, 6.45) is 0.156. The molecule has 8 heteroatoms. The highest BCUT2D eigenvalue weighted by Crippen LogP contribution is 2.18. The summed E-state index contributed by atoms with van der Waals surface area (Å²) in [5.74, 6) is -0.154. The summed E-state index contributed by atoms with van der Waals surface area (Å²) >= 11 is 4.85. The van der Waals surface area contributed by atoms with Crippen LogP contribution in [0.3, 0.4) is 0 Å². The smallest absolute Gasteiger partial charge is 0.241 e. The molecule has 0 radical (unpaired) electrons. The maximum Gasteiger partial charge on any atom is 0.241 e. The number of thiocarbonyl (C=S) groups is 1. The quantitative estimate of drug-likeness (QED) is 0.668. The minimum atomic E-state index is -3.67. The van der Waals surface area contributed by atoms with Gasteiger partial charge in [0.25, 0.3) is 0 Å². The van der Waals surface area contributed by atoms with Crippen LogP contribution in [0.4, 0.5) is 0 Å². The second kappa shape index (κ2) is 5.47. The highest BCUT2D eigenvalue weighted by atomic mass is 32.2. The molecule has 1 unspecified atom stereocenters. The number of nitrogens with two attached hydrogens (primary N) is 1. The van der Waals surface area contributed by atoms with E-state index in [2.05, 4.69) is 10.0 Å². The number of rotatable bonds is 4. The van der Waals surface area contributed by atoms with E-state index in [1.54, 1.807) is 19.1 Å². The van der Waals surface area contributed by atoms with Crippen molar-refractivity contribution in [3.05, 3.63) is 29.3 Å². The van der Waals surface area contributed by atoms with Crippen molar-refractivity contribution in [1.82, 2.24) is 10.0 Å². The predicted octanol–water partition coefficient (Wildman–Crippen LogP) is -0.204. The molecule has 0 saturated carbocycles. The number of amides is 1. The second-order valence-electron chi connectivity index (χ2n) is 4.67. The molecule has 1 amide bonds. The molecule has 0 aromatic heterocycles. The molecule has 0 aliphatic carbocycles. The molecule has 1 aliphatic heterocycles. The molecule has 0 spiro atoms. The summed E-state index contributed by atoms with van der Waals surface area (Å²) in [4.78, 5) is 11.5. The zero-order chi connectivity index (χ0) is 14.9. The molecular weight excluding hydrogens is 298 g/mol. The van der Waals surface area contributed by atoms with Crippen molar-refractivity contribution in [3.8, 4) is 0 Å². The summed E-state index contributed by atoms with van der Waals surface area (Å²) < 4.78 is 27.1. The molecule has 1 saturated heterocycles. The number of carbonyl (C=O) groups is 1. The van der Waals surface area contributed by atoms with Gasteiger partial charge in [0.2, 0.25) is 15.9 Å². The van der Waals surface area contributed by atoms with Crippen molar-refractivity contribution in [2.24, 2.45) is 5.73 Å². The number of hydrogen-bond acceptors (Lipinski definition) is 4. The largest absolute Gasteiger partial charge is 0.389 e. The van der Waals surface area contributed by atoms with Crippen molar-refractivity contribution in [2.45, 2.75) is 24.3 Å². The first kappa shape index (κ1) is 14.9. The number of hydrogen-bond donors (Lipinski definition) is 3. The summed E-state index contributed by atoms with van der Waals surface area (Å²) in [5, 5.41) is 2.58. The average Bonchev–Trinajstić information content (AvgIpc) is 2.73. The van der Waals surface area contributed by atoms with E-state index in [1.165, 1.54) is 6.07 Å². The van der Waals surface area contributed by atoms with Crippen molar-refractivity contribution in [1.29, 1.82) is 0 Å². The lowest BCUT2D eigenvalue weighted by Crippen LogP contribution is -2.36. The SMILES string of the molecule is Cc1cc(C(N)=S)ccc1S(=O)(=O)NC1CNC(=O)C1. The van der Waals surface area contributed by atoms with E-state index in [0.29, 0.717) is 17.7 Å². The zero-order valence-electron chi connectivity index (χ0n) is 10.8. The van der Waals surface area contributed by atoms with Crippen molar-refractivity contribution >= 4 is 33.1 Å². The first-order valence-electron chi connectivity index (χ1n) is 5.99. The molecule has 4 N–H and O–H groups in total. The molecular formula is C12H15N3O3S2.